The second-order valence-electron chi connectivity index (χ2n) is 6.56. The van der Waals surface area contributed by atoms with Gasteiger partial charge in [0.2, 0.25) is 0 Å². The van der Waals surface area contributed by atoms with Gasteiger partial charge in [-0.2, -0.15) is 13.2 Å². The molecule has 27 heavy (non-hydrogen) atoms. The molecule has 0 aromatic heterocycles. The Kier molecular flexibility index (Phi) is 5.91. The van der Waals surface area contributed by atoms with Gasteiger partial charge in [0, 0.05) is 5.69 Å². The molecular weight excluding hydrogens is 357 g/mol. The number of halogens is 3. The van der Waals surface area contributed by atoms with Gasteiger partial charge in [0.1, 0.15) is 5.60 Å². The number of hydrogen-bond acceptors (Lipinski definition) is 2. The zero-order valence-corrected chi connectivity index (χ0v) is 14.9. The van der Waals surface area contributed by atoms with Crippen molar-refractivity contribution in [2.75, 3.05) is 5.32 Å². The number of aliphatic hydroxyl groups is 1. The van der Waals surface area contributed by atoms with E-state index in [0.29, 0.717) is 12.5 Å². The molecule has 1 amide bonds. The minimum atomic E-state index is -4.71. The first-order chi connectivity index (χ1) is 12.5. The minimum Gasteiger partial charge on any atom is -0.380 e. The van der Waals surface area contributed by atoms with E-state index in [2.05, 4.69) is 10.2 Å². The Morgan fingerprint density at radius 1 is 1.19 bits per heavy atom. The number of benzene rings is 2. The second kappa shape index (κ2) is 7.80. The van der Waals surface area contributed by atoms with E-state index in [1.54, 1.807) is 0 Å². The topological polar surface area (TPSA) is 53.7 Å². The number of aryl methyl sites for hydroxylation is 2. The van der Waals surface area contributed by atoms with Crippen LogP contribution in [0, 0.1) is 13.5 Å². The Morgan fingerprint density at radius 3 is 2.37 bits per heavy atom. The van der Waals surface area contributed by atoms with Crippen LogP contribution in [0.3, 0.4) is 0 Å². The van der Waals surface area contributed by atoms with Crippen molar-refractivity contribution in [2.45, 2.75) is 38.5 Å². The molecule has 2 N–H and O–H groups in total. The maximum atomic E-state index is 13.0. The van der Waals surface area contributed by atoms with E-state index in [1.807, 2.05) is 31.2 Å². The van der Waals surface area contributed by atoms with Crippen LogP contribution in [0.5, 0.6) is 0 Å². The lowest BCUT2D eigenvalue weighted by Gasteiger charge is -2.23. The summed E-state index contributed by atoms with van der Waals surface area (Å²) in [4.78, 5) is 15.2. The van der Waals surface area contributed by atoms with E-state index >= 15 is 0 Å². The molecule has 2 aromatic rings. The van der Waals surface area contributed by atoms with Crippen LogP contribution in [0.15, 0.2) is 42.5 Å². The van der Waals surface area contributed by atoms with Gasteiger partial charge in [-0.3, -0.25) is 4.79 Å². The van der Waals surface area contributed by atoms with Gasteiger partial charge in [0.25, 0.3) is 5.91 Å². The highest BCUT2D eigenvalue weighted by Crippen LogP contribution is 2.38. The molecule has 7 heteroatoms. The smallest absolute Gasteiger partial charge is 0.380 e. The van der Waals surface area contributed by atoms with Gasteiger partial charge >= 0.3 is 6.18 Å². The summed E-state index contributed by atoms with van der Waals surface area (Å²) in [5.74, 6) is -0.807. The normalized spacial score (nSPS) is 13.5. The molecule has 0 saturated heterocycles. The van der Waals surface area contributed by atoms with E-state index in [-0.39, 0.29) is 12.1 Å². The molecule has 0 aliphatic heterocycles. The summed E-state index contributed by atoms with van der Waals surface area (Å²) >= 11 is 0. The molecule has 0 radical (unpaired) electrons. The molecule has 142 valence electrons. The first-order valence-corrected chi connectivity index (χ1v) is 8.21. The molecule has 1 atom stereocenters. The monoisotopic (exact) mass is 376 g/mol. The third kappa shape index (κ3) is 5.31. The van der Waals surface area contributed by atoms with Gasteiger partial charge in [0.05, 0.1) is 12.1 Å². The standard InChI is InChI=1S/C20H19F3N2O2/c1-13-4-6-14(7-5-13)10-11-19(2,27)18(26)25-15-8-9-17(24-3)16(12-15)20(21,22)23/h4-9,12,27H,10-11H2,1-2H3,(H,25,26)/t19-/m0/s1. The van der Waals surface area contributed by atoms with Gasteiger partial charge in [-0.1, -0.05) is 35.9 Å². The van der Waals surface area contributed by atoms with Crippen molar-refractivity contribution >= 4 is 17.3 Å². The number of nitrogens with one attached hydrogen (secondary N) is 1. The molecule has 0 spiro atoms. The number of amides is 1. The molecule has 0 heterocycles. The zero-order chi connectivity index (χ0) is 20.2. The van der Waals surface area contributed by atoms with E-state index in [0.717, 1.165) is 17.2 Å². The molecule has 0 saturated carbocycles. The van der Waals surface area contributed by atoms with Crippen LogP contribution in [0.4, 0.5) is 24.5 Å². The third-order valence-corrected chi connectivity index (χ3v) is 4.19. The molecule has 0 aliphatic rings. The lowest BCUT2D eigenvalue weighted by Crippen LogP contribution is -2.40. The number of carbonyl (C=O) groups excluding carboxylic acids is 1. The SMILES string of the molecule is [C-]#[N+]c1ccc(NC(=O)[C@@](C)(O)CCc2ccc(C)cc2)cc1C(F)(F)F. The number of alkyl halides is 3. The van der Waals surface area contributed by atoms with Crippen LogP contribution in [0.1, 0.15) is 30.0 Å². The lowest BCUT2D eigenvalue weighted by molar-refractivity contribution is -0.137. The maximum absolute atomic E-state index is 13.0. The fraction of sp³-hybridized carbons (Fsp3) is 0.300. The average Bonchev–Trinajstić information content (AvgIpc) is 2.60. The fourth-order valence-corrected chi connectivity index (χ4v) is 2.46. The van der Waals surface area contributed by atoms with E-state index in [4.69, 9.17) is 6.57 Å². The Hall–Kier alpha value is -2.85. The largest absolute Gasteiger partial charge is 0.407 e. The summed E-state index contributed by atoms with van der Waals surface area (Å²) < 4.78 is 39.1. The van der Waals surface area contributed by atoms with Gasteiger partial charge in [-0.25, -0.2) is 4.85 Å². The number of carbonyl (C=O) groups is 1. The van der Waals surface area contributed by atoms with Crippen LogP contribution in [0.25, 0.3) is 4.85 Å². The maximum Gasteiger partial charge on any atom is 0.407 e. The molecule has 0 fully saturated rings. The number of hydrogen-bond donors (Lipinski definition) is 2. The number of nitrogens with zero attached hydrogens (tertiary/aromatic N) is 1. The highest BCUT2D eigenvalue weighted by Gasteiger charge is 2.34. The van der Waals surface area contributed by atoms with Crippen LogP contribution in [-0.4, -0.2) is 16.6 Å². The summed E-state index contributed by atoms with van der Waals surface area (Å²) in [6.45, 7) is 10.1. The summed E-state index contributed by atoms with van der Waals surface area (Å²) in [5.41, 5.74) is -1.54. The van der Waals surface area contributed by atoms with Gasteiger partial charge in [-0.15, -0.1) is 0 Å². The second-order valence-corrected chi connectivity index (χ2v) is 6.56. The third-order valence-electron chi connectivity index (χ3n) is 4.19. The zero-order valence-electron chi connectivity index (χ0n) is 14.9. The summed E-state index contributed by atoms with van der Waals surface area (Å²) in [7, 11) is 0. The van der Waals surface area contributed by atoms with E-state index in [1.165, 1.54) is 13.0 Å². The fourth-order valence-electron chi connectivity index (χ4n) is 2.46. The molecule has 2 rings (SSSR count). The molecule has 4 nitrogen and oxygen atoms in total. The summed E-state index contributed by atoms with van der Waals surface area (Å²) in [6, 6.07) is 10.5. The number of anilines is 1. The van der Waals surface area contributed by atoms with Crippen molar-refractivity contribution in [3.05, 3.63) is 70.6 Å². The summed E-state index contributed by atoms with van der Waals surface area (Å²) in [6.07, 6.45) is -4.17. The Morgan fingerprint density at radius 2 is 1.81 bits per heavy atom. The van der Waals surface area contributed by atoms with Gasteiger partial charge in [0.15, 0.2) is 5.69 Å². The van der Waals surface area contributed by atoms with Crippen molar-refractivity contribution in [3.8, 4) is 0 Å². The van der Waals surface area contributed by atoms with Gasteiger partial charge in [-0.05, 0) is 44.4 Å². The lowest BCUT2D eigenvalue weighted by atomic mass is 9.95. The minimum absolute atomic E-state index is 0.105. The first-order valence-electron chi connectivity index (χ1n) is 8.21. The van der Waals surface area contributed by atoms with Crippen LogP contribution in [-0.2, 0) is 17.4 Å². The highest BCUT2D eigenvalue weighted by atomic mass is 19.4. The molecule has 0 aliphatic carbocycles. The quantitative estimate of drug-likeness (QED) is 0.731. The van der Waals surface area contributed by atoms with Crippen LogP contribution >= 0.6 is 0 Å². The Bertz CT molecular complexity index is 866. The predicted molar refractivity (Wildman–Crippen MR) is 96.5 cm³/mol. The van der Waals surface area contributed by atoms with Gasteiger partial charge < -0.3 is 10.4 Å². The molecule has 0 bridgehead atoms. The van der Waals surface area contributed by atoms with Crippen molar-refractivity contribution in [1.29, 1.82) is 0 Å². The molecule has 0 unspecified atom stereocenters. The molecular formula is C20H19F3N2O2. The average molecular weight is 376 g/mol. The Labute approximate surface area is 155 Å². The Balaban J connectivity index is 2.11. The number of rotatable bonds is 5. The molecule has 2 aromatic carbocycles. The van der Waals surface area contributed by atoms with Crippen molar-refractivity contribution < 1.29 is 23.1 Å². The van der Waals surface area contributed by atoms with Crippen molar-refractivity contribution in [2.24, 2.45) is 0 Å². The van der Waals surface area contributed by atoms with Crippen molar-refractivity contribution in [1.82, 2.24) is 0 Å². The summed E-state index contributed by atoms with van der Waals surface area (Å²) in [5, 5.41) is 12.7. The van der Waals surface area contributed by atoms with E-state index in [9.17, 15) is 23.1 Å². The van der Waals surface area contributed by atoms with Crippen LogP contribution in [0.2, 0.25) is 0 Å². The first kappa shape index (κ1) is 20.5. The van der Waals surface area contributed by atoms with Crippen LogP contribution < -0.4 is 5.32 Å². The van der Waals surface area contributed by atoms with Crippen molar-refractivity contribution in [3.63, 3.8) is 0 Å². The highest BCUT2D eigenvalue weighted by molar-refractivity contribution is 5.97. The predicted octanol–water partition coefficient (Wildman–Crippen LogP) is 4.89. The van der Waals surface area contributed by atoms with E-state index < -0.39 is 28.9 Å².